The largest absolute Gasteiger partial charge is 0.381 e. The van der Waals surface area contributed by atoms with Crippen LogP contribution in [0.3, 0.4) is 0 Å². The molecule has 2 rings (SSSR count). The van der Waals surface area contributed by atoms with Crippen molar-refractivity contribution in [2.24, 2.45) is 0 Å². The van der Waals surface area contributed by atoms with E-state index >= 15 is 0 Å². The van der Waals surface area contributed by atoms with Gasteiger partial charge in [-0.15, -0.1) is 0 Å². The number of unbranched alkanes of at least 4 members (excludes halogenated alkanes) is 1. The molecule has 1 N–H and O–H groups in total. The molecule has 1 aliphatic rings. The number of hydrazine groups is 1. The molecule has 10 heteroatoms. The van der Waals surface area contributed by atoms with Crippen LogP contribution in [0.1, 0.15) is 51.5 Å². The summed E-state index contributed by atoms with van der Waals surface area (Å²) in [6.45, 7) is 5.53. The topological polar surface area (TPSA) is 102 Å². The molecule has 0 aromatic heterocycles. The highest BCUT2D eigenvalue weighted by molar-refractivity contribution is 5.90. The van der Waals surface area contributed by atoms with Crippen molar-refractivity contribution in [3.8, 4) is 0 Å². The standard InChI is InChI=1S/C26H41N5O5/c1-5-6-16-36-17-10-15-28(3)25(34)23(14-13-21(2)32)30-20-31(29(4)19-24(30)33)26(35)27-18-22-11-8-7-9-12-22/h7-9,11-12,23H,5-6,10,13-20H2,1-4H3,(H,27,35). The van der Waals surface area contributed by atoms with Gasteiger partial charge in [-0.25, -0.2) is 14.8 Å². The van der Waals surface area contributed by atoms with Crippen LogP contribution in [0.25, 0.3) is 0 Å². The van der Waals surface area contributed by atoms with E-state index in [9.17, 15) is 19.2 Å². The van der Waals surface area contributed by atoms with E-state index in [-0.39, 0.29) is 49.7 Å². The molecular formula is C26H41N5O5. The number of amides is 4. The number of hydrogen-bond acceptors (Lipinski definition) is 6. The van der Waals surface area contributed by atoms with Crippen LogP contribution in [0.15, 0.2) is 30.3 Å². The second-order valence-corrected chi connectivity index (χ2v) is 9.20. The van der Waals surface area contributed by atoms with Crippen LogP contribution in [-0.4, -0.2) is 96.6 Å². The minimum atomic E-state index is -0.828. The molecule has 1 aromatic carbocycles. The number of likely N-dealkylation sites (N-methyl/N-ethyl adjacent to an activating group) is 2. The van der Waals surface area contributed by atoms with Crippen molar-refractivity contribution in [3.05, 3.63) is 35.9 Å². The molecule has 1 aromatic rings. The van der Waals surface area contributed by atoms with Gasteiger partial charge in [-0.1, -0.05) is 43.7 Å². The van der Waals surface area contributed by atoms with Gasteiger partial charge >= 0.3 is 6.03 Å². The number of urea groups is 1. The summed E-state index contributed by atoms with van der Waals surface area (Å²) in [7, 11) is 3.36. The van der Waals surface area contributed by atoms with Gasteiger partial charge in [0.2, 0.25) is 11.8 Å². The van der Waals surface area contributed by atoms with E-state index in [4.69, 9.17) is 4.74 Å². The molecule has 0 spiro atoms. The molecular weight excluding hydrogens is 462 g/mol. The molecule has 1 unspecified atom stereocenters. The number of carbonyl (C=O) groups excluding carboxylic acids is 4. The molecule has 36 heavy (non-hydrogen) atoms. The van der Waals surface area contributed by atoms with Crippen molar-refractivity contribution in [1.82, 2.24) is 25.1 Å². The van der Waals surface area contributed by atoms with Crippen LogP contribution in [0.2, 0.25) is 0 Å². The lowest BCUT2D eigenvalue weighted by Crippen LogP contribution is -2.65. The molecule has 10 nitrogen and oxygen atoms in total. The van der Waals surface area contributed by atoms with E-state index in [2.05, 4.69) is 12.2 Å². The fourth-order valence-corrected chi connectivity index (χ4v) is 3.93. The maximum atomic E-state index is 13.4. The molecule has 0 saturated carbocycles. The first-order valence-electron chi connectivity index (χ1n) is 12.7. The highest BCUT2D eigenvalue weighted by Gasteiger charge is 2.38. The molecule has 1 fully saturated rings. The zero-order valence-electron chi connectivity index (χ0n) is 22.1. The van der Waals surface area contributed by atoms with E-state index in [1.54, 1.807) is 24.0 Å². The van der Waals surface area contributed by atoms with Crippen molar-refractivity contribution in [1.29, 1.82) is 0 Å². The lowest BCUT2D eigenvalue weighted by Gasteiger charge is -2.44. The minimum absolute atomic E-state index is 0.0441. The van der Waals surface area contributed by atoms with Crippen LogP contribution >= 0.6 is 0 Å². The van der Waals surface area contributed by atoms with Gasteiger partial charge in [0, 0.05) is 46.8 Å². The smallest absolute Gasteiger partial charge is 0.333 e. The van der Waals surface area contributed by atoms with Gasteiger partial charge in [0.1, 0.15) is 18.5 Å². The lowest BCUT2D eigenvalue weighted by molar-refractivity contribution is -0.161. The van der Waals surface area contributed by atoms with Crippen molar-refractivity contribution in [2.45, 2.75) is 58.5 Å². The third-order valence-electron chi connectivity index (χ3n) is 6.14. The Morgan fingerprint density at radius 1 is 1.14 bits per heavy atom. The van der Waals surface area contributed by atoms with Crippen molar-refractivity contribution in [3.63, 3.8) is 0 Å². The summed E-state index contributed by atoms with van der Waals surface area (Å²) in [6, 6.07) is 8.33. The predicted molar refractivity (Wildman–Crippen MR) is 137 cm³/mol. The van der Waals surface area contributed by atoms with E-state index in [1.807, 2.05) is 30.3 Å². The first-order valence-corrected chi connectivity index (χ1v) is 12.7. The maximum Gasteiger partial charge on any atom is 0.333 e. The Morgan fingerprint density at radius 3 is 2.50 bits per heavy atom. The number of Topliss-reactive ketones (excluding diaryl/α,β-unsaturated/α-hetero) is 1. The van der Waals surface area contributed by atoms with Gasteiger partial charge in [0.25, 0.3) is 0 Å². The fourth-order valence-electron chi connectivity index (χ4n) is 3.93. The Morgan fingerprint density at radius 2 is 1.83 bits per heavy atom. The van der Waals surface area contributed by atoms with Crippen molar-refractivity contribution < 1.29 is 23.9 Å². The maximum absolute atomic E-state index is 13.4. The number of ether oxygens (including phenoxy) is 1. The summed E-state index contributed by atoms with van der Waals surface area (Å²) in [5, 5.41) is 5.83. The second kappa shape index (κ2) is 15.2. The van der Waals surface area contributed by atoms with Gasteiger partial charge in [0.05, 0.1) is 6.54 Å². The molecule has 0 bridgehead atoms. The lowest BCUT2D eigenvalue weighted by atomic mass is 10.1. The van der Waals surface area contributed by atoms with Crippen LogP contribution in [0, 0.1) is 0 Å². The Balaban J connectivity index is 2.05. The summed E-state index contributed by atoms with van der Waals surface area (Å²) in [5.74, 6) is -0.561. The van der Waals surface area contributed by atoms with Crippen LogP contribution < -0.4 is 5.32 Å². The molecule has 200 valence electrons. The average molecular weight is 504 g/mol. The Labute approximate surface area is 214 Å². The predicted octanol–water partition coefficient (Wildman–Crippen LogP) is 2.25. The number of ketones is 1. The Hall–Kier alpha value is -2.98. The van der Waals surface area contributed by atoms with Crippen LogP contribution in [0.5, 0.6) is 0 Å². The highest BCUT2D eigenvalue weighted by Crippen LogP contribution is 2.18. The van der Waals surface area contributed by atoms with Crippen molar-refractivity contribution >= 4 is 23.6 Å². The first kappa shape index (κ1) is 29.3. The van der Waals surface area contributed by atoms with Gasteiger partial charge in [-0.2, -0.15) is 0 Å². The normalized spacial score (nSPS) is 15.1. The summed E-state index contributed by atoms with van der Waals surface area (Å²) < 4.78 is 5.58. The molecule has 4 amide bonds. The van der Waals surface area contributed by atoms with Gasteiger partial charge in [-0.3, -0.25) is 9.59 Å². The zero-order valence-corrected chi connectivity index (χ0v) is 22.1. The van der Waals surface area contributed by atoms with E-state index in [0.29, 0.717) is 32.7 Å². The number of nitrogens with zero attached hydrogens (tertiary/aromatic N) is 4. The molecule has 1 saturated heterocycles. The van der Waals surface area contributed by atoms with E-state index in [1.165, 1.54) is 16.8 Å². The number of hydrogen-bond donors (Lipinski definition) is 1. The summed E-state index contributed by atoms with van der Waals surface area (Å²) in [6.07, 6.45) is 3.13. The van der Waals surface area contributed by atoms with Gasteiger partial charge in [0.15, 0.2) is 0 Å². The average Bonchev–Trinajstić information content (AvgIpc) is 2.86. The minimum Gasteiger partial charge on any atom is -0.381 e. The second-order valence-electron chi connectivity index (χ2n) is 9.20. The van der Waals surface area contributed by atoms with Gasteiger partial charge < -0.3 is 24.6 Å². The molecule has 0 radical (unpaired) electrons. The third-order valence-corrected chi connectivity index (χ3v) is 6.14. The summed E-state index contributed by atoms with van der Waals surface area (Å²) in [5.41, 5.74) is 0.952. The van der Waals surface area contributed by atoms with Crippen LogP contribution in [-0.2, 0) is 25.7 Å². The van der Waals surface area contributed by atoms with Crippen LogP contribution in [0.4, 0.5) is 4.79 Å². The number of benzene rings is 1. The summed E-state index contributed by atoms with van der Waals surface area (Å²) >= 11 is 0. The van der Waals surface area contributed by atoms with E-state index < -0.39 is 6.04 Å². The molecule has 1 heterocycles. The zero-order chi connectivity index (χ0) is 26.5. The Bertz CT molecular complexity index is 866. The third kappa shape index (κ3) is 9.23. The SMILES string of the molecule is CCCCOCCCN(C)C(=O)C(CCC(C)=O)N1CN(C(=O)NCc2ccccc2)N(C)CC1=O. The molecule has 1 aliphatic heterocycles. The number of carbonyl (C=O) groups is 4. The highest BCUT2D eigenvalue weighted by atomic mass is 16.5. The molecule has 1 atom stereocenters. The first-order chi connectivity index (χ1) is 17.2. The fraction of sp³-hybridized carbons (Fsp3) is 0.615. The summed E-state index contributed by atoms with van der Waals surface area (Å²) in [4.78, 5) is 54.0. The monoisotopic (exact) mass is 503 g/mol. The van der Waals surface area contributed by atoms with E-state index in [0.717, 1.165) is 18.4 Å². The quantitative estimate of drug-likeness (QED) is 0.391. The molecule has 0 aliphatic carbocycles. The Kier molecular flexibility index (Phi) is 12.4. The van der Waals surface area contributed by atoms with Crippen molar-refractivity contribution in [2.75, 3.05) is 47.1 Å². The van der Waals surface area contributed by atoms with Gasteiger partial charge in [-0.05, 0) is 31.7 Å². The number of rotatable bonds is 14. The number of nitrogens with one attached hydrogen (secondary N) is 1.